The molecule has 3 aromatic rings. The molecule has 1 N–H and O–H groups in total. The van der Waals surface area contributed by atoms with E-state index in [4.69, 9.17) is 4.42 Å². The van der Waals surface area contributed by atoms with Crippen LogP contribution in [0.3, 0.4) is 0 Å². The van der Waals surface area contributed by atoms with Crippen LogP contribution in [0, 0.1) is 0 Å². The van der Waals surface area contributed by atoms with E-state index in [1.54, 1.807) is 18.2 Å². The highest BCUT2D eigenvalue weighted by Gasteiger charge is 2.14. The van der Waals surface area contributed by atoms with Gasteiger partial charge in [-0.2, -0.15) is 0 Å². The molecule has 0 saturated carbocycles. The van der Waals surface area contributed by atoms with Crippen molar-refractivity contribution >= 4 is 34.0 Å². The quantitative estimate of drug-likeness (QED) is 0.738. The van der Waals surface area contributed by atoms with Gasteiger partial charge in [-0.1, -0.05) is 51.3 Å². The van der Waals surface area contributed by atoms with Gasteiger partial charge in [0.05, 0.1) is 10.9 Å². The number of benzene rings is 1. The lowest BCUT2D eigenvalue weighted by Crippen LogP contribution is -2.05. The minimum absolute atomic E-state index is 0.127. The largest absolute Gasteiger partial charge is 0.454 e. The summed E-state index contributed by atoms with van der Waals surface area (Å²) in [6, 6.07) is 7.35. The summed E-state index contributed by atoms with van der Waals surface area (Å²) in [6.45, 7) is 11.4. The molecular weight excluding hydrogens is 250 g/mol. The van der Waals surface area contributed by atoms with Crippen LogP contribution in [-0.2, 0) is 0 Å². The number of hydrogen-bond donors (Lipinski definition) is 1. The van der Waals surface area contributed by atoms with Crippen molar-refractivity contribution in [2.24, 2.45) is 0 Å². The highest BCUT2D eigenvalue weighted by Crippen LogP contribution is 2.29. The van der Waals surface area contributed by atoms with Gasteiger partial charge in [0.25, 0.3) is 5.56 Å². The highest BCUT2D eigenvalue weighted by molar-refractivity contribution is 6.05. The maximum Gasteiger partial charge on any atom is 0.256 e. The summed E-state index contributed by atoms with van der Waals surface area (Å²) in [6.07, 6.45) is 3.28. The molecule has 1 aromatic carbocycles. The van der Waals surface area contributed by atoms with Crippen LogP contribution < -0.4 is 5.56 Å². The van der Waals surface area contributed by atoms with Crippen molar-refractivity contribution in [1.82, 2.24) is 4.98 Å². The third kappa shape index (κ3) is 1.97. The highest BCUT2D eigenvalue weighted by atomic mass is 16.3. The van der Waals surface area contributed by atoms with Gasteiger partial charge in [-0.3, -0.25) is 4.79 Å². The summed E-state index contributed by atoms with van der Waals surface area (Å²) in [4.78, 5) is 14.8. The van der Waals surface area contributed by atoms with Gasteiger partial charge in [-0.25, -0.2) is 0 Å². The first-order valence-corrected chi connectivity index (χ1v) is 6.58. The zero-order valence-electron chi connectivity index (χ0n) is 11.7. The van der Waals surface area contributed by atoms with Crippen LogP contribution in [0.5, 0.6) is 0 Å². The molecule has 3 rings (SSSR count). The number of rotatable bonds is 2. The molecule has 0 fully saturated rings. The fourth-order valence-electron chi connectivity index (χ4n) is 2.19. The van der Waals surface area contributed by atoms with Crippen molar-refractivity contribution in [2.75, 3.05) is 0 Å². The topological polar surface area (TPSA) is 46.0 Å². The van der Waals surface area contributed by atoms with Crippen LogP contribution in [0.2, 0.25) is 0 Å². The summed E-state index contributed by atoms with van der Waals surface area (Å²) in [7, 11) is 0. The SMILES string of the molecule is C=Cc1oc2c([nH]c(=O)c3ccccc32)c1C=C.CC. The Hall–Kier alpha value is -2.55. The third-order valence-electron chi connectivity index (χ3n) is 3.02. The third-order valence-corrected chi connectivity index (χ3v) is 3.02. The molecule has 0 amide bonds. The van der Waals surface area contributed by atoms with Crippen LogP contribution in [-0.4, -0.2) is 4.98 Å². The second-order valence-electron chi connectivity index (χ2n) is 3.99. The van der Waals surface area contributed by atoms with Crippen LogP contribution in [0.25, 0.3) is 34.0 Å². The minimum Gasteiger partial charge on any atom is -0.454 e. The van der Waals surface area contributed by atoms with Gasteiger partial charge in [0.2, 0.25) is 0 Å². The van der Waals surface area contributed by atoms with Gasteiger partial charge in [0.1, 0.15) is 5.76 Å². The molecule has 2 aromatic heterocycles. The molecule has 20 heavy (non-hydrogen) atoms. The Morgan fingerprint density at radius 3 is 2.35 bits per heavy atom. The van der Waals surface area contributed by atoms with E-state index >= 15 is 0 Å². The van der Waals surface area contributed by atoms with Crippen LogP contribution in [0.4, 0.5) is 0 Å². The molecule has 102 valence electrons. The van der Waals surface area contributed by atoms with Crippen molar-refractivity contribution in [2.45, 2.75) is 13.8 Å². The summed E-state index contributed by atoms with van der Waals surface area (Å²) >= 11 is 0. The first-order valence-electron chi connectivity index (χ1n) is 6.58. The molecule has 0 aliphatic carbocycles. The van der Waals surface area contributed by atoms with E-state index < -0.39 is 0 Å². The average Bonchev–Trinajstić information content (AvgIpc) is 2.87. The molecule has 3 heteroatoms. The normalized spacial score (nSPS) is 10.1. The standard InChI is InChI=1S/C15H11NO2.C2H6/c1-3-9-12(4-2)18-14-10-7-5-6-8-11(10)15(17)16-13(9)14;1-2/h3-8H,1-2H2,(H,16,17);1-2H3. The molecule has 3 nitrogen and oxygen atoms in total. The Morgan fingerprint density at radius 2 is 1.75 bits per heavy atom. The van der Waals surface area contributed by atoms with E-state index in [-0.39, 0.29) is 5.56 Å². The fraction of sp³-hybridized carbons (Fsp3) is 0.118. The Morgan fingerprint density at radius 1 is 1.10 bits per heavy atom. The Labute approximate surface area is 117 Å². The molecule has 2 heterocycles. The van der Waals surface area contributed by atoms with Gasteiger partial charge in [0, 0.05) is 10.9 Å². The molecule has 0 bridgehead atoms. The van der Waals surface area contributed by atoms with Crippen molar-refractivity contribution < 1.29 is 4.42 Å². The number of fused-ring (bicyclic) bond motifs is 3. The number of aromatic amines is 1. The molecule has 0 unspecified atom stereocenters. The molecule has 0 aliphatic rings. The maximum absolute atomic E-state index is 12.0. The second kappa shape index (κ2) is 5.61. The van der Waals surface area contributed by atoms with Crippen molar-refractivity contribution in [3.05, 3.63) is 59.1 Å². The number of nitrogens with one attached hydrogen (secondary N) is 1. The monoisotopic (exact) mass is 267 g/mol. The second-order valence-corrected chi connectivity index (χ2v) is 3.99. The predicted octanol–water partition coefficient (Wildman–Crippen LogP) is 4.59. The van der Waals surface area contributed by atoms with E-state index in [1.165, 1.54) is 0 Å². The van der Waals surface area contributed by atoms with Crippen molar-refractivity contribution in [3.8, 4) is 0 Å². The molecule has 0 saturated heterocycles. The summed E-state index contributed by atoms with van der Waals surface area (Å²) in [5.74, 6) is 0.618. The number of pyridine rings is 1. The van der Waals surface area contributed by atoms with Crippen LogP contribution in [0.15, 0.2) is 46.6 Å². The lowest BCUT2D eigenvalue weighted by atomic mass is 10.1. The van der Waals surface area contributed by atoms with Gasteiger partial charge in [-0.05, 0) is 12.1 Å². The lowest BCUT2D eigenvalue weighted by molar-refractivity contribution is 0.606. The summed E-state index contributed by atoms with van der Waals surface area (Å²) < 4.78 is 5.75. The zero-order valence-corrected chi connectivity index (χ0v) is 11.7. The first-order chi connectivity index (χ1) is 9.76. The fourth-order valence-corrected chi connectivity index (χ4v) is 2.19. The van der Waals surface area contributed by atoms with Gasteiger partial charge < -0.3 is 9.40 Å². The Balaban J connectivity index is 0.000000704. The number of H-pyrrole nitrogens is 1. The van der Waals surface area contributed by atoms with E-state index in [9.17, 15) is 4.79 Å². The van der Waals surface area contributed by atoms with Gasteiger partial charge in [0.15, 0.2) is 5.58 Å². The van der Waals surface area contributed by atoms with Crippen LogP contribution in [0.1, 0.15) is 25.2 Å². The van der Waals surface area contributed by atoms with E-state index in [0.717, 1.165) is 10.9 Å². The van der Waals surface area contributed by atoms with E-state index in [0.29, 0.717) is 22.2 Å². The van der Waals surface area contributed by atoms with Crippen molar-refractivity contribution in [1.29, 1.82) is 0 Å². The Kier molecular flexibility index (Phi) is 3.89. The van der Waals surface area contributed by atoms with Gasteiger partial charge >= 0.3 is 0 Å². The molecule has 0 aliphatic heterocycles. The smallest absolute Gasteiger partial charge is 0.256 e. The molecule has 0 atom stereocenters. The van der Waals surface area contributed by atoms with Gasteiger partial charge in [-0.15, -0.1) is 0 Å². The minimum atomic E-state index is -0.127. The summed E-state index contributed by atoms with van der Waals surface area (Å²) in [5.41, 5.74) is 1.97. The molecular formula is C17H17NO2. The first kappa shape index (κ1) is 13.9. The number of hydrogen-bond acceptors (Lipinski definition) is 2. The number of furan rings is 1. The molecule has 0 spiro atoms. The zero-order chi connectivity index (χ0) is 14.7. The predicted molar refractivity (Wildman–Crippen MR) is 85.9 cm³/mol. The van der Waals surface area contributed by atoms with E-state index in [2.05, 4.69) is 18.1 Å². The lowest BCUT2D eigenvalue weighted by Gasteiger charge is -1.97. The summed E-state index contributed by atoms with van der Waals surface area (Å²) in [5, 5.41) is 1.41. The average molecular weight is 267 g/mol. The van der Waals surface area contributed by atoms with E-state index in [1.807, 2.05) is 32.0 Å². The van der Waals surface area contributed by atoms with Crippen LogP contribution >= 0.6 is 0 Å². The Bertz CT molecular complexity index is 837. The maximum atomic E-state index is 12.0. The molecule has 0 radical (unpaired) electrons. The number of aromatic nitrogens is 1. The van der Waals surface area contributed by atoms with Crippen molar-refractivity contribution in [3.63, 3.8) is 0 Å².